The van der Waals surface area contributed by atoms with Gasteiger partial charge in [-0.05, 0) is 45.0 Å². The topological polar surface area (TPSA) is 56.1 Å². The third kappa shape index (κ3) is 3.07. The van der Waals surface area contributed by atoms with E-state index >= 15 is 0 Å². The number of nitrogens with zero attached hydrogens (tertiary/aromatic N) is 2. The number of hydrogen-bond donors (Lipinski definition) is 1. The van der Waals surface area contributed by atoms with Crippen LogP contribution in [0, 0.1) is 13.8 Å². The van der Waals surface area contributed by atoms with Crippen LogP contribution in [0.15, 0.2) is 24.3 Å². The Morgan fingerprint density at radius 1 is 1.29 bits per heavy atom. The quantitative estimate of drug-likeness (QED) is 0.940. The molecule has 1 heterocycles. The minimum Gasteiger partial charge on any atom is -0.497 e. The lowest BCUT2D eigenvalue weighted by Gasteiger charge is -2.15. The summed E-state index contributed by atoms with van der Waals surface area (Å²) in [4.78, 5) is 12.3. The first-order chi connectivity index (χ1) is 9.93. The molecule has 1 atom stereocenters. The van der Waals surface area contributed by atoms with Crippen LogP contribution in [0.3, 0.4) is 0 Å². The van der Waals surface area contributed by atoms with Crippen LogP contribution >= 0.6 is 0 Å². The number of ether oxygens (including phenoxy) is 1. The molecule has 5 heteroatoms. The van der Waals surface area contributed by atoms with Crippen molar-refractivity contribution in [3.05, 3.63) is 46.8 Å². The zero-order valence-electron chi connectivity index (χ0n) is 13.1. The van der Waals surface area contributed by atoms with E-state index in [1.165, 1.54) is 0 Å². The summed E-state index contributed by atoms with van der Waals surface area (Å²) in [5.74, 6) is 0.631. The Balaban J connectivity index is 2.14. The lowest BCUT2D eigenvalue weighted by molar-refractivity contribution is 0.0939. The lowest BCUT2D eigenvalue weighted by Crippen LogP contribution is -2.27. The van der Waals surface area contributed by atoms with Gasteiger partial charge in [0.25, 0.3) is 5.91 Å². The second kappa shape index (κ2) is 5.99. The van der Waals surface area contributed by atoms with Gasteiger partial charge in [0.05, 0.1) is 18.8 Å². The van der Waals surface area contributed by atoms with Crippen molar-refractivity contribution in [3.8, 4) is 5.75 Å². The van der Waals surface area contributed by atoms with Crippen molar-refractivity contribution in [2.45, 2.75) is 26.8 Å². The molecule has 1 aromatic heterocycles. The van der Waals surface area contributed by atoms with Crippen molar-refractivity contribution in [3.63, 3.8) is 0 Å². The molecule has 2 aromatic rings. The van der Waals surface area contributed by atoms with E-state index in [1.807, 2.05) is 32.5 Å². The Kier molecular flexibility index (Phi) is 4.31. The van der Waals surface area contributed by atoms with Crippen LogP contribution < -0.4 is 10.1 Å². The molecular weight excluding hydrogens is 266 g/mol. The van der Waals surface area contributed by atoms with E-state index in [9.17, 15) is 4.79 Å². The molecular formula is C16H21N3O2. The predicted octanol–water partition coefficient (Wildman–Crippen LogP) is 2.54. The molecule has 0 aliphatic rings. The average Bonchev–Trinajstić information content (AvgIpc) is 2.72. The summed E-state index contributed by atoms with van der Waals surface area (Å²) in [7, 11) is 3.51. The summed E-state index contributed by atoms with van der Waals surface area (Å²) in [6, 6.07) is 6.97. The molecule has 0 unspecified atom stereocenters. The zero-order valence-corrected chi connectivity index (χ0v) is 13.1. The van der Waals surface area contributed by atoms with Crippen LogP contribution in [0.25, 0.3) is 0 Å². The number of amides is 1. The minimum atomic E-state index is -0.104. The molecule has 112 valence electrons. The van der Waals surface area contributed by atoms with Gasteiger partial charge in [-0.25, -0.2) is 0 Å². The van der Waals surface area contributed by atoms with E-state index < -0.39 is 0 Å². The summed E-state index contributed by atoms with van der Waals surface area (Å²) < 4.78 is 6.92. The zero-order chi connectivity index (χ0) is 15.6. The second-order valence-corrected chi connectivity index (χ2v) is 5.13. The Morgan fingerprint density at radius 2 is 1.90 bits per heavy atom. The summed E-state index contributed by atoms with van der Waals surface area (Å²) in [5, 5.41) is 7.40. The number of nitrogens with one attached hydrogen (secondary N) is 1. The maximum Gasteiger partial charge on any atom is 0.251 e. The van der Waals surface area contributed by atoms with Crippen molar-refractivity contribution < 1.29 is 9.53 Å². The predicted molar refractivity (Wildman–Crippen MR) is 81.6 cm³/mol. The average molecular weight is 287 g/mol. The number of rotatable bonds is 4. The van der Waals surface area contributed by atoms with Gasteiger partial charge in [0, 0.05) is 23.9 Å². The third-order valence-electron chi connectivity index (χ3n) is 3.70. The third-order valence-corrected chi connectivity index (χ3v) is 3.70. The molecule has 0 saturated heterocycles. The van der Waals surface area contributed by atoms with Crippen LogP contribution in [-0.4, -0.2) is 22.8 Å². The van der Waals surface area contributed by atoms with E-state index in [2.05, 4.69) is 10.4 Å². The maximum absolute atomic E-state index is 12.3. The van der Waals surface area contributed by atoms with Crippen LogP contribution in [0.4, 0.5) is 0 Å². The molecule has 0 spiro atoms. The van der Waals surface area contributed by atoms with Gasteiger partial charge < -0.3 is 10.1 Å². The molecule has 1 aromatic carbocycles. The SMILES string of the molecule is COc1ccc(C(=O)N[C@@H](C)c2c(C)nn(C)c2C)cc1. The molecule has 0 aliphatic heterocycles. The van der Waals surface area contributed by atoms with E-state index in [4.69, 9.17) is 4.74 Å². The number of carbonyl (C=O) groups is 1. The van der Waals surface area contributed by atoms with Gasteiger partial charge in [-0.3, -0.25) is 9.48 Å². The number of carbonyl (C=O) groups excluding carboxylic acids is 1. The number of aryl methyl sites for hydroxylation is 2. The van der Waals surface area contributed by atoms with Gasteiger partial charge in [0.1, 0.15) is 5.75 Å². The first-order valence-corrected chi connectivity index (χ1v) is 6.89. The van der Waals surface area contributed by atoms with Gasteiger partial charge in [0.15, 0.2) is 0 Å². The normalized spacial score (nSPS) is 12.0. The Bertz CT molecular complexity index is 644. The van der Waals surface area contributed by atoms with Crippen molar-refractivity contribution in [1.29, 1.82) is 0 Å². The molecule has 0 fully saturated rings. The van der Waals surface area contributed by atoms with Crippen LogP contribution in [0.5, 0.6) is 5.75 Å². The van der Waals surface area contributed by atoms with Gasteiger partial charge in [-0.2, -0.15) is 5.10 Å². The van der Waals surface area contributed by atoms with Crippen molar-refractivity contribution in [1.82, 2.24) is 15.1 Å². The van der Waals surface area contributed by atoms with Crippen LogP contribution in [0.1, 0.15) is 40.3 Å². The fourth-order valence-electron chi connectivity index (χ4n) is 2.51. The van der Waals surface area contributed by atoms with Crippen LogP contribution in [-0.2, 0) is 7.05 Å². The van der Waals surface area contributed by atoms with Gasteiger partial charge >= 0.3 is 0 Å². The molecule has 2 rings (SSSR count). The standard InChI is InChI=1S/C16H21N3O2/c1-10(15-11(2)18-19(4)12(15)3)17-16(20)13-6-8-14(21-5)9-7-13/h6-10H,1-5H3,(H,17,20)/t10-/m0/s1. The molecule has 21 heavy (non-hydrogen) atoms. The second-order valence-electron chi connectivity index (χ2n) is 5.13. The molecule has 0 radical (unpaired) electrons. The van der Waals surface area contributed by atoms with E-state index in [1.54, 1.807) is 31.4 Å². The minimum absolute atomic E-state index is 0.0895. The summed E-state index contributed by atoms with van der Waals surface area (Å²) >= 11 is 0. The largest absolute Gasteiger partial charge is 0.497 e. The monoisotopic (exact) mass is 287 g/mol. The van der Waals surface area contributed by atoms with Crippen LogP contribution in [0.2, 0.25) is 0 Å². The first-order valence-electron chi connectivity index (χ1n) is 6.89. The highest BCUT2D eigenvalue weighted by atomic mass is 16.5. The molecule has 1 amide bonds. The van der Waals surface area contributed by atoms with E-state index in [-0.39, 0.29) is 11.9 Å². The highest BCUT2D eigenvalue weighted by Gasteiger charge is 2.18. The molecule has 5 nitrogen and oxygen atoms in total. The fourth-order valence-corrected chi connectivity index (χ4v) is 2.51. The van der Waals surface area contributed by atoms with E-state index in [0.717, 1.165) is 22.7 Å². The molecule has 0 saturated carbocycles. The number of hydrogen-bond acceptors (Lipinski definition) is 3. The van der Waals surface area contributed by atoms with Gasteiger partial charge in [-0.1, -0.05) is 0 Å². The van der Waals surface area contributed by atoms with Gasteiger partial charge in [0.2, 0.25) is 0 Å². The molecule has 1 N–H and O–H groups in total. The van der Waals surface area contributed by atoms with Crippen molar-refractivity contribution in [2.24, 2.45) is 7.05 Å². The first kappa shape index (κ1) is 15.1. The van der Waals surface area contributed by atoms with Gasteiger partial charge in [-0.15, -0.1) is 0 Å². The van der Waals surface area contributed by atoms with Crippen molar-refractivity contribution in [2.75, 3.05) is 7.11 Å². The number of aromatic nitrogens is 2. The smallest absolute Gasteiger partial charge is 0.251 e. The number of methoxy groups -OCH3 is 1. The number of benzene rings is 1. The summed E-state index contributed by atoms with van der Waals surface area (Å²) in [5.41, 5.74) is 3.69. The molecule has 0 bridgehead atoms. The molecule has 0 aliphatic carbocycles. The Labute approximate surface area is 124 Å². The summed E-state index contributed by atoms with van der Waals surface area (Å²) in [6.45, 7) is 5.93. The highest BCUT2D eigenvalue weighted by Crippen LogP contribution is 2.21. The van der Waals surface area contributed by atoms with E-state index in [0.29, 0.717) is 5.56 Å². The fraction of sp³-hybridized carbons (Fsp3) is 0.375. The highest BCUT2D eigenvalue weighted by molar-refractivity contribution is 5.94. The lowest BCUT2D eigenvalue weighted by atomic mass is 10.1. The van der Waals surface area contributed by atoms with Crippen molar-refractivity contribution >= 4 is 5.91 Å². The summed E-state index contributed by atoms with van der Waals surface area (Å²) in [6.07, 6.45) is 0. The Morgan fingerprint density at radius 3 is 2.38 bits per heavy atom. The maximum atomic E-state index is 12.3. The Hall–Kier alpha value is -2.30.